The fraction of sp³-hybridized carbons (Fsp3) is 0.350. The van der Waals surface area contributed by atoms with Gasteiger partial charge in [0.25, 0.3) is 0 Å². The monoisotopic (exact) mass is 360 g/mol. The smallest absolute Gasteiger partial charge is 0.317 e. The van der Waals surface area contributed by atoms with Crippen molar-refractivity contribution in [1.82, 2.24) is 4.90 Å². The number of amides is 2. The van der Waals surface area contributed by atoms with Gasteiger partial charge in [0.05, 0.1) is 6.04 Å². The number of carbonyl (C=O) groups is 1. The van der Waals surface area contributed by atoms with Gasteiger partial charge in [-0.3, -0.25) is 0 Å². The maximum atomic E-state index is 13.6. The molecule has 2 aromatic rings. The third kappa shape index (κ3) is 4.31. The van der Waals surface area contributed by atoms with Crippen LogP contribution in [0, 0.1) is 12.7 Å². The lowest BCUT2D eigenvalue weighted by Gasteiger charge is -2.30. The van der Waals surface area contributed by atoms with Crippen LogP contribution in [0.2, 0.25) is 5.02 Å². The molecule has 0 radical (unpaired) electrons. The number of carbonyl (C=O) groups excluding carboxylic acids is 1. The van der Waals surface area contributed by atoms with Crippen LogP contribution in [0.4, 0.5) is 14.9 Å². The molecule has 2 amide bonds. The molecule has 1 aliphatic heterocycles. The van der Waals surface area contributed by atoms with Gasteiger partial charge in [0.1, 0.15) is 5.82 Å². The fourth-order valence-corrected chi connectivity index (χ4v) is 3.46. The van der Waals surface area contributed by atoms with Crippen molar-refractivity contribution in [2.45, 2.75) is 38.6 Å². The van der Waals surface area contributed by atoms with E-state index in [1.54, 1.807) is 12.1 Å². The first-order valence-electron chi connectivity index (χ1n) is 8.64. The molecule has 0 aliphatic carbocycles. The van der Waals surface area contributed by atoms with Crippen LogP contribution < -0.4 is 5.32 Å². The van der Waals surface area contributed by atoms with Crippen LogP contribution in [0.15, 0.2) is 42.5 Å². The zero-order valence-electron chi connectivity index (χ0n) is 14.3. The first kappa shape index (κ1) is 17.7. The van der Waals surface area contributed by atoms with Crippen molar-refractivity contribution in [3.8, 4) is 0 Å². The van der Waals surface area contributed by atoms with Crippen LogP contribution in [-0.4, -0.2) is 17.5 Å². The molecule has 0 unspecified atom stereocenters. The van der Waals surface area contributed by atoms with E-state index in [0.29, 0.717) is 17.3 Å². The van der Waals surface area contributed by atoms with Crippen molar-refractivity contribution in [2.24, 2.45) is 0 Å². The predicted octanol–water partition coefficient (Wildman–Crippen LogP) is 5.94. The summed E-state index contributed by atoms with van der Waals surface area (Å²) in [6, 6.07) is 11.7. The molecule has 0 bridgehead atoms. The highest BCUT2D eigenvalue weighted by Gasteiger charge is 2.27. The van der Waals surface area contributed by atoms with Gasteiger partial charge in [0.2, 0.25) is 0 Å². The third-order valence-corrected chi connectivity index (χ3v) is 5.08. The number of halogens is 2. The van der Waals surface area contributed by atoms with Crippen LogP contribution in [0.1, 0.15) is 42.9 Å². The summed E-state index contributed by atoms with van der Waals surface area (Å²) in [5.41, 5.74) is 2.48. The van der Waals surface area contributed by atoms with Crippen LogP contribution >= 0.6 is 11.6 Å². The number of rotatable bonds is 2. The summed E-state index contributed by atoms with van der Waals surface area (Å²) in [4.78, 5) is 14.7. The number of hydrogen-bond acceptors (Lipinski definition) is 1. The van der Waals surface area contributed by atoms with Crippen LogP contribution in [0.25, 0.3) is 0 Å². The summed E-state index contributed by atoms with van der Waals surface area (Å²) in [6.07, 6.45) is 3.90. The molecule has 5 heteroatoms. The molecule has 0 saturated carbocycles. The van der Waals surface area contributed by atoms with Crippen molar-refractivity contribution in [2.75, 3.05) is 11.9 Å². The number of benzene rings is 2. The highest BCUT2D eigenvalue weighted by Crippen LogP contribution is 2.31. The largest absolute Gasteiger partial charge is 0.322 e. The lowest BCUT2D eigenvalue weighted by molar-refractivity contribution is 0.189. The summed E-state index contributed by atoms with van der Waals surface area (Å²) in [5, 5.41) is 3.55. The lowest BCUT2D eigenvalue weighted by atomic mass is 10.0. The number of aryl methyl sites for hydroxylation is 1. The predicted molar refractivity (Wildman–Crippen MR) is 99.5 cm³/mol. The minimum atomic E-state index is -0.271. The molecule has 1 aliphatic rings. The molecule has 132 valence electrons. The van der Waals surface area contributed by atoms with E-state index in [-0.39, 0.29) is 17.9 Å². The fourth-order valence-electron chi connectivity index (χ4n) is 3.28. The summed E-state index contributed by atoms with van der Waals surface area (Å²) in [5.74, 6) is -0.271. The van der Waals surface area contributed by atoms with Crippen LogP contribution in [0.5, 0.6) is 0 Å². The van der Waals surface area contributed by atoms with E-state index in [9.17, 15) is 9.18 Å². The normalized spacial score (nSPS) is 17.9. The van der Waals surface area contributed by atoms with E-state index in [1.807, 2.05) is 30.0 Å². The van der Waals surface area contributed by atoms with Gasteiger partial charge in [0, 0.05) is 17.3 Å². The average molecular weight is 361 g/mol. The van der Waals surface area contributed by atoms with Crippen molar-refractivity contribution < 1.29 is 9.18 Å². The van der Waals surface area contributed by atoms with Gasteiger partial charge in [-0.25, -0.2) is 9.18 Å². The average Bonchev–Trinajstić information content (AvgIpc) is 2.84. The minimum absolute atomic E-state index is 0.112. The van der Waals surface area contributed by atoms with E-state index in [4.69, 9.17) is 11.6 Å². The first-order chi connectivity index (χ1) is 12.0. The maximum absolute atomic E-state index is 13.6. The Bertz CT molecular complexity index is 765. The second-order valence-corrected chi connectivity index (χ2v) is 6.91. The molecule has 3 nitrogen and oxygen atoms in total. The van der Waals surface area contributed by atoms with Crippen LogP contribution in [0.3, 0.4) is 0 Å². The van der Waals surface area contributed by atoms with Gasteiger partial charge >= 0.3 is 6.03 Å². The van der Waals surface area contributed by atoms with Gasteiger partial charge in [0.15, 0.2) is 0 Å². The lowest BCUT2D eigenvalue weighted by Crippen LogP contribution is -2.38. The Labute approximate surface area is 152 Å². The van der Waals surface area contributed by atoms with Gasteiger partial charge in [-0.1, -0.05) is 42.6 Å². The van der Waals surface area contributed by atoms with Crippen molar-refractivity contribution in [3.63, 3.8) is 0 Å². The second kappa shape index (κ2) is 7.87. The number of nitrogens with zero attached hydrogens (tertiary/aromatic N) is 1. The maximum Gasteiger partial charge on any atom is 0.322 e. The van der Waals surface area contributed by atoms with E-state index >= 15 is 0 Å². The Balaban J connectivity index is 1.82. The zero-order chi connectivity index (χ0) is 17.8. The summed E-state index contributed by atoms with van der Waals surface area (Å²) < 4.78 is 13.6. The van der Waals surface area contributed by atoms with Crippen molar-refractivity contribution in [3.05, 3.63) is 64.4 Å². The molecule has 1 atom stereocenters. The Morgan fingerprint density at radius 3 is 2.80 bits per heavy atom. The van der Waals surface area contributed by atoms with Crippen molar-refractivity contribution >= 4 is 23.3 Å². The highest BCUT2D eigenvalue weighted by atomic mass is 35.5. The molecule has 0 aromatic heterocycles. The molecule has 1 heterocycles. The SMILES string of the molecule is Cc1ccc(NC(=O)N2CCCCC[C@H]2c2cccc(F)c2)cc1Cl. The van der Waals surface area contributed by atoms with Gasteiger partial charge < -0.3 is 10.2 Å². The number of nitrogens with one attached hydrogen (secondary N) is 1. The molecule has 1 N–H and O–H groups in total. The molecule has 2 aromatic carbocycles. The molecule has 25 heavy (non-hydrogen) atoms. The molecular formula is C20H22ClFN2O. The third-order valence-electron chi connectivity index (χ3n) is 4.67. The van der Waals surface area contributed by atoms with Gasteiger partial charge in [-0.2, -0.15) is 0 Å². The Morgan fingerprint density at radius 1 is 1.20 bits per heavy atom. The highest BCUT2D eigenvalue weighted by molar-refractivity contribution is 6.31. The number of hydrogen-bond donors (Lipinski definition) is 1. The topological polar surface area (TPSA) is 32.3 Å². The van der Waals surface area contributed by atoms with Gasteiger partial charge in [-0.05, 0) is 55.2 Å². The van der Waals surface area contributed by atoms with E-state index in [0.717, 1.165) is 36.8 Å². The van der Waals surface area contributed by atoms with E-state index in [1.165, 1.54) is 12.1 Å². The molecule has 3 rings (SSSR count). The second-order valence-electron chi connectivity index (χ2n) is 6.51. The summed E-state index contributed by atoms with van der Waals surface area (Å²) >= 11 is 6.14. The molecular weight excluding hydrogens is 339 g/mol. The van der Waals surface area contributed by atoms with Crippen molar-refractivity contribution in [1.29, 1.82) is 0 Å². The van der Waals surface area contributed by atoms with E-state index in [2.05, 4.69) is 5.32 Å². The standard InChI is InChI=1S/C20H22ClFN2O/c1-14-9-10-17(13-18(14)21)23-20(25)24-11-4-2-3-8-19(24)15-6-5-7-16(22)12-15/h5-7,9-10,12-13,19H,2-4,8,11H2,1H3,(H,23,25)/t19-/m0/s1. The molecule has 0 spiro atoms. The number of likely N-dealkylation sites (tertiary alicyclic amines) is 1. The quantitative estimate of drug-likeness (QED) is 0.706. The number of urea groups is 1. The Hall–Kier alpha value is -2.07. The minimum Gasteiger partial charge on any atom is -0.317 e. The Kier molecular flexibility index (Phi) is 5.59. The van der Waals surface area contributed by atoms with Crippen LogP contribution in [-0.2, 0) is 0 Å². The first-order valence-corrected chi connectivity index (χ1v) is 9.01. The number of anilines is 1. The zero-order valence-corrected chi connectivity index (χ0v) is 15.0. The van der Waals surface area contributed by atoms with Gasteiger partial charge in [-0.15, -0.1) is 0 Å². The summed E-state index contributed by atoms with van der Waals surface area (Å²) in [6.45, 7) is 2.58. The molecule has 1 fully saturated rings. The molecule has 1 saturated heterocycles. The van der Waals surface area contributed by atoms with E-state index < -0.39 is 0 Å². The Morgan fingerprint density at radius 2 is 2.04 bits per heavy atom. The summed E-state index contributed by atoms with van der Waals surface area (Å²) in [7, 11) is 0.